The van der Waals surface area contributed by atoms with Crippen LogP contribution in [0.5, 0.6) is 0 Å². The molecular formula is C9H6BrClOS. The van der Waals surface area contributed by atoms with Gasteiger partial charge in [0.05, 0.1) is 10.0 Å². The average Bonchev–Trinajstić information content (AvgIpc) is 2.72. The molecule has 13 heavy (non-hydrogen) atoms. The van der Waals surface area contributed by atoms with E-state index in [2.05, 4.69) is 15.9 Å². The maximum Gasteiger partial charge on any atom is 0.126 e. The monoisotopic (exact) mass is 276 g/mol. The number of rotatable bonds is 2. The van der Waals surface area contributed by atoms with Crippen molar-refractivity contribution in [1.29, 1.82) is 0 Å². The van der Waals surface area contributed by atoms with E-state index >= 15 is 0 Å². The average molecular weight is 278 g/mol. The molecule has 1 unspecified atom stereocenters. The van der Waals surface area contributed by atoms with Crippen molar-refractivity contribution in [2.24, 2.45) is 0 Å². The zero-order valence-electron chi connectivity index (χ0n) is 6.54. The number of thiophene rings is 1. The lowest BCUT2D eigenvalue weighted by atomic mass is 10.3. The summed E-state index contributed by atoms with van der Waals surface area (Å²) in [6.45, 7) is 0. The highest BCUT2D eigenvalue weighted by atomic mass is 79.9. The largest absolute Gasteiger partial charge is 0.467 e. The Hall–Kier alpha value is -0.250. The summed E-state index contributed by atoms with van der Waals surface area (Å²) in [5.41, 5.74) is 0. The van der Waals surface area contributed by atoms with Crippen LogP contribution in [0.4, 0.5) is 0 Å². The zero-order chi connectivity index (χ0) is 9.26. The summed E-state index contributed by atoms with van der Waals surface area (Å²) in [5.74, 6) is 0.788. The normalized spacial score (nSPS) is 13.1. The summed E-state index contributed by atoms with van der Waals surface area (Å²) < 4.78 is 6.30. The van der Waals surface area contributed by atoms with E-state index in [1.807, 2.05) is 24.3 Å². The number of hydrogen-bond donors (Lipinski definition) is 0. The molecule has 0 saturated carbocycles. The first kappa shape index (κ1) is 9.31. The third-order valence-corrected chi connectivity index (χ3v) is 3.90. The molecule has 1 nitrogen and oxygen atoms in total. The molecule has 2 heterocycles. The van der Waals surface area contributed by atoms with Gasteiger partial charge in [0, 0.05) is 4.88 Å². The minimum absolute atomic E-state index is 0.175. The van der Waals surface area contributed by atoms with Crippen LogP contribution in [0.2, 0.25) is 0 Å². The second-order valence-corrected chi connectivity index (χ2v) is 5.45. The van der Waals surface area contributed by atoms with E-state index in [0.29, 0.717) is 0 Å². The van der Waals surface area contributed by atoms with Crippen molar-refractivity contribution in [3.8, 4) is 0 Å². The molecule has 0 radical (unpaired) electrons. The van der Waals surface area contributed by atoms with Crippen molar-refractivity contribution >= 4 is 38.9 Å². The smallest absolute Gasteiger partial charge is 0.126 e. The fraction of sp³-hybridized carbons (Fsp3) is 0.111. The Morgan fingerprint density at radius 3 is 2.77 bits per heavy atom. The van der Waals surface area contributed by atoms with Gasteiger partial charge in [0.15, 0.2) is 0 Å². The second-order valence-electron chi connectivity index (χ2n) is 2.52. The van der Waals surface area contributed by atoms with Gasteiger partial charge >= 0.3 is 0 Å². The number of hydrogen-bond acceptors (Lipinski definition) is 2. The molecule has 0 aliphatic rings. The van der Waals surface area contributed by atoms with E-state index in [4.69, 9.17) is 16.0 Å². The first-order valence-corrected chi connectivity index (χ1v) is 5.74. The van der Waals surface area contributed by atoms with E-state index in [-0.39, 0.29) is 5.38 Å². The third kappa shape index (κ3) is 1.98. The minimum atomic E-state index is -0.175. The molecule has 2 rings (SSSR count). The van der Waals surface area contributed by atoms with E-state index in [1.165, 1.54) is 0 Å². The van der Waals surface area contributed by atoms with E-state index < -0.39 is 0 Å². The molecule has 0 aliphatic heterocycles. The molecule has 68 valence electrons. The Balaban J connectivity index is 2.28. The fourth-order valence-corrected chi connectivity index (χ4v) is 2.78. The molecule has 2 aromatic heterocycles. The van der Waals surface area contributed by atoms with Crippen LogP contribution < -0.4 is 0 Å². The Morgan fingerprint density at radius 1 is 1.38 bits per heavy atom. The van der Waals surface area contributed by atoms with Gasteiger partial charge in [0.25, 0.3) is 0 Å². The van der Waals surface area contributed by atoms with E-state index in [1.54, 1.807) is 17.6 Å². The SMILES string of the molecule is ClC(c1ccco1)c1ccc(Br)s1. The van der Waals surface area contributed by atoms with E-state index in [0.717, 1.165) is 14.4 Å². The Labute approximate surface area is 93.5 Å². The molecule has 0 aromatic carbocycles. The zero-order valence-corrected chi connectivity index (χ0v) is 9.69. The highest BCUT2D eigenvalue weighted by Crippen LogP contribution is 2.35. The third-order valence-electron chi connectivity index (χ3n) is 1.64. The van der Waals surface area contributed by atoms with Crippen molar-refractivity contribution in [1.82, 2.24) is 0 Å². The van der Waals surface area contributed by atoms with Gasteiger partial charge in [-0.3, -0.25) is 0 Å². The quantitative estimate of drug-likeness (QED) is 0.740. The highest BCUT2D eigenvalue weighted by Gasteiger charge is 2.14. The number of alkyl halides is 1. The summed E-state index contributed by atoms with van der Waals surface area (Å²) in [5, 5.41) is -0.175. The predicted octanol–water partition coefficient (Wildman–Crippen LogP) is 4.43. The summed E-state index contributed by atoms with van der Waals surface area (Å²) in [7, 11) is 0. The minimum Gasteiger partial charge on any atom is -0.467 e. The Bertz CT molecular complexity index is 382. The predicted molar refractivity (Wildman–Crippen MR) is 58.4 cm³/mol. The maximum atomic E-state index is 6.18. The van der Waals surface area contributed by atoms with Gasteiger partial charge in [0.1, 0.15) is 11.1 Å². The van der Waals surface area contributed by atoms with Gasteiger partial charge < -0.3 is 4.42 Å². The number of halogens is 2. The van der Waals surface area contributed by atoms with Crippen molar-refractivity contribution in [3.05, 3.63) is 45.0 Å². The second kappa shape index (κ2) is 3.86. The van der Waals surface area contributed by atoms with Crippen LogP contribution >= 0.6 is 38.9 Å². The van der Waals surface area contributed by atoms with Crippen LogP contribution in [0, 0.1) is 0 Å². The van der Waals surface area contributed by atoms with Crippen LogP contribution in [-0.2, 0) is 0 Å². The van der Waals surface area contributed by atoms with E-state index in [9.17, 15) is 0 Å². The molecule has 1 atom stereocenters. The van der Waals surface area contributed by atoms with Gasteiger partial charge in [-0.2, -0.15) is 0 Å². The van der Waals surface area contributed by atoms with Gasteiger partial charge in [-0.25, -0.2) is 0 Å². The molecule has 0 amide bonds. The molecule has 0 bridgehead atoms. The standard InChI is InChI=1S/C9H6BrClOS/c10-8-4-3-7(13-8)9(11)6-2-1-5-12-6/h1-5,9H. The van der Waals surface area contributed by atoms with Crippen molar-refractivity contribution in [2.45, 2.75) is 5.38 Å². The maximum absolute atomic E-state index is 6.18. The Kier molecular flexibility index (Phi) is 2.77. The summed E-state index contributed by atoms with van der Waals surface area (Å²) in [4.78, 5) is 1.09. The topological polar surface area (TPSA) is 13.1 Å². The van der Waals surface area contributed by atoms with Gasteiger partial charge in [-0.15, -0.1) is 22.9 Å². The van der Waals surface area contributed by atoms with Gasteiger partial charge in [0.2, 0.25) is 0 Å². The lowest BCUT2D eigenvalue weighted by molar-refractivity contribution is 0.517. The highest BCUT2D eigenvalue weighted by molar-refractivity contribution is 9.11. The molecule has 0 spiro atoms. The van der Waals surface area contributed by atoms with Gasteiger partial charge in [-0.05, 0) is 40.2 Å². The first-order chi connectivity index (χ1) is 6.27. The number of furan rings is 1. The van der Waals surface area contributed by atoms with Crippen LogP contribution in [0.3, 0.4) is 0 Å². The fourth-order valence-electron chi connectivity index (χ4n) is 1.04. The summed E-state index contributed by atoms with van der Waals surface area (Å²) >= 11 is 11.2. The molecule has 4 heteroatoms. The lowest BCUT2D eigenvalue weighted by Crippen LogP contribution is -1.85. The van der Waals surface area contributed by atoms with Crippen molar-refractivity contribution in [2.75, 3.05) is 0 Å². The van der Waals surface area contributed by atoms with Crippen molar-refractivity contribution < 1.29 is 4.42 Å². The summed E-state index contributed by atoms with van der Waals surface area (Å²) in [6, 6.07) is 7.70. The molecule has 0 saturated heterocycles. The van der Waals surface area contributed by atoms with Crippen LogP contribution in [-0.4, -0.2) is 0 Å². The molecule has 2 aromatic rings. The first-order valence-electron chi connectivity index (χ1n) is 3.70. The molecule has 0 aliphatic carbocycles. The van der Waals surface area contributed by atoms with Crippen LogP contribution in [0.15, 0.2) is 38.7 Å². The molecule has 0 N–H and O–H groups in total. The van der Waals surface area contributed by atoms with Crippen molar-refractivity contribution in [3.63, 3.8) is 0 Å². The molecular weight excluding hydrogens is 272 g/mol. The summed E-state index contributed by atoms with van der Waals surface area (Å²) in [6.07, 6.45) is 1.63. The van der Waals surface area contributed by atoms with Crippen LogP contribution in [0.1, 0.15) is 16.0 Å². The van der Waals surface area contributed by atoms with Crippen LogP contribution in [0.25, 0.3) is 0 Å². The molecule has 0 fully saturated rings. The Morgan fingerprint density at radius 2 is 2.23 bits per heavy atom. The lowest BCUT2D eigenvalue weighted by Gasteiger charge is -2.01. The van der Waals surface area contributed by atoms with Gasteiger partial charge in [-0.1, -0.05) is 0 Å².